The summed E-state index contributed by atoms with van der Waals surface area (Å²) in [6.07, 6.45) is 100. The van der Waals surface area contributed by atoms with Gasteiger partial charge in [0.05, 0.1) is 13.2 Å². The number of carbonyl (C=O) groups is 2. The molecule has 0 aromatic carbocycles. The fourth-order valence-corrected chi connectivity index (χ4v) is 10.9. The first-order valence-electron chi connectivity index (χ1n) is 36.0. The van der Waals surface area contributed by atoms with E-state index in [4.69, 9.17) is 24.3 Å². The van der Waals surface area contributed by atoms with Crippen LogP contribution in [0, 0.1) is 0 Å². The minimum atomic E-state index is -4.40. The molecular weight excluding hydrogens is 1100 g/mol. The Morgan fingerprint density at radius 2 is 0.598 bits per heavy atom. The number of rotatable bonds is 67. The van der Waals surface area contributed by atoms with Crippen molar-refractivity contribution in [2.45, 2.75) is 328 Å². The van der Waals surface area contributed by atoms with Crippen LogP contribution in [0.15, 0.2) is 122 Å². The lowest BCUT2D eigenvalue weighted by Gasteiger charge is -2.19. The fourth-order valence-electron chi connectivity index (χ4n) is 10.1. The van der Waals surface area contributed by atoms with Crippen LogP contribution in [0.25, 0.3) is 0 Å². The van der Waals surface area contributed by atoms with E-state index >= 15 is 0 Å². The molecule has 9 nitrogen and oxygen atoms in total. The van der Waals surface area contributed by atoms with Gasteiger partial charge in [0.2, 0.25) is 0 Å². The standard InChI is InChI=1S/C77H134NO8P/c1-3-5-7-9-11-13-15-17-19-21-23-25-27-29-30-31-32-33-34-35-36-37-38-39-40-41-42-43-44-46-47-49-51-53-55-57-59-61-63-65-67-69-76(79)83-73-75(74-85-87(81,82)84-72-71-78)86-77(80)70-68-66-64-62-60-58-56-54-52-50-48-45-28-26-24-22-20-18-16-14-12-10-8-6-4-2/h5-8,11-14,17-20,23-26,45,48,52,54,75H,3-4,9-10,15-16,21-22,27-44,46-47,49-51,53,55-74,78H2,1-2H3,(H,81,82)/b7-5-,8-6-,13-11-,14-12-,19-17-,20-18-,25-23-,26-24-,48-45-,54-52-. The molecule has 500 valence electrons. The third-order valence-corrected chi connectivity index (χ3v) is 16.3. The van der Waals surface area contributed by atoms with Gasteiger partial charge in [0.25, 0.3) is 0 Å². The second kappa shape index (κ2) is 71.5. The van der Waals surface area contributed by atoms with Gasteiger partial charge in [-0.1, -0.05) is 328 Å². The Kier molecular flexibility index (Phi) is 68.5. The summed E-state index contributed by atoms with van der Waals surface area (Å²) in [6.45, 7) is 3.52. The van der Waals surface area contributed by atoms with Crippen molar-refractivity contribution in [3.8, 4) is 0 Å². The van der Waals surface area contributed by atoms with Gasteiger partial charge in [-0.05, 0) is 103 Å². The number of hydrogen-bond acceptors (Lipinski definition) is 8. The Morgan fingerprint density at radius 1 is 0.345 bits per heavy atom. The number of hydrogen-bond donors (Lipinski definition) is 2. The highest BCUT2D eigenvalue weighted by atomic mass is 31.2. The van der Waals surface area contributed by atoms with E-state index in [0.717, 1.165) is 122 Å². The van der Waals surface area contributed by atoms with Gasteiger partial charge in [-0.3, -0.25) is 18.6 Å². The summed E-state index contributed by atoms with van der Waals surface area (Å²) in [4.78, 5) is 35.4. The predicted octanol–water partition coefficient (Wildman–Crippen LogP) is 23.9. The fraction of sp³-hybridized carbons (Fsp3) is 0.714. The van der Waals surface area contributed by atoms with Crippen LogP contribution in [0.3, 0.4) is 0 Å². The largest absolute Gasteiger partial charge is 0.472 e. The Hall–Kier alpha value is -3.59. The van der Waals surface area contributed by atoms with E-state index in [1.54, 1.807) is 0 Å². The summed E-state index contributed by atoms with van der Waals surface area (Å²) in [5.74, 6) is -0.838. The molecule has 2 unspecified atom stereocenters. The number of carbonyl (C=O) groups excluding carboxylic acids is 2. The number of phosphoric acid groups is 1. The van der Waals surface area contributed by atoms with E-state index in [-0.39, 0.29) is 38.6 Å². The maximum atomic E-state index is 12.7. The average molecular weight is 1230 g/mol. The molecule has 3 N–H and O–H groups in total. The Labute approximate surface area is 536 Å². The molecule has 0 saturated carbocycles. The third kappa shape index (κ3) is 71.4. The van der Waals surface area contributed by atoms with Crippen LogP contribution in [0.5, 0.6) is 0 Å². The van der Waals surface area contributed by atoms with E-state index in [1.807, 2.05) is 0 Å². The molecule has 0 aliphatic carbocycles. The Morgan fingerprint density at radius 3 is 0.885 bits per heavy atom. The van der Waals surface area contributed by atoms with Crippen molar-refractivity contribution in [1.82, 2.24) is 0 Å². The molecule has 87 heavy (non-hydrogen) atoms. The molecule has 0 bridgehead atoms. The highest BCUT2D eigenvalue weighted by Crippen LogP contribution is 2.43. The molecule has 0 radical (unpaired) electrons. The van der Waals surface area contributed by atoms with Crippen LogP contribution in [-0.4, -0.2) is 49.3 Å². The van der Waals surface area contributed by atoms with Gasteiger partial charge < -0.3 is 20.1 Å². The lowest BCUT2D eigenvalue weighted by molar-refractivity contribution is -0.161. The molecule has 2 atom stereocenters. The second-order valence-electron chi connectivity index (χ2n) is 23.7. The summed E-state index contributed by atoms with van der Waals surface area (Å²) >= 11 is 0. The van der Waals surface area contributed by atoms with Crippen molar-refractivity contribution in [1.29, 1.82) is 0 Å². The van der Waals surface area contributed by atoms with E-state index < -0.39 is 26.5 Å². The summed E-state index contributed by atoms with van der Waals surface area (Å²) in [7, 11) is -4.40. The normalized spacial score (nSPS) is 13.7. The van der Waals surface area contributed by atoms with Gasteiger partial charge in [0, 0.05) is 19.4 Å². The van der Waals surface area contributed by atoms with Gasteiger partial charge in [0.1, 0.15) is 6.61 Å². The molecule has 0 rings (SSSR count). The van der Waals surface area contributed by atoms with Crippen molar-refractivity contribution in [3.63, 3.8) is 0 Å². The van der Waals surface area contributed by atoms with Crippen molar-refractivity contribution in [2.24, 2.45) is 5.73 Å². The van der Waals surface area contributed by atoms with Crippen molar-refractivity contribution < 1.29 is 37.6 Å². The van der Waals surface area contributed by atoms with Crippen LogP contribution >= 0.6 is 7.82 Å². The molecule has 0 aliphatic rings. The zero-order valence-electron chi connectivity index (χ0n) is 56.2. The lowest BCUT2D eigenvalue weighted by atomic mass is 10.0. The maximum absolute atomic E-state index is 12.7. The molecular formula is C77H134NO8P. The number of ether oxygens (including phenoxy) is 2. The van der Waals surface area contributed by atoms with Crippen LogP contribution in [0.1, 0.15) is 322 Å². The number of esters is 2. The summed E-state index contributed by atoms with van der Waals surface area (Å²) in [6, 6.07) is 0. The zero-order valence-corrected chi connectivity index (χ0v) is 57.1. The van der Waals surface area contributed by atoms with Crippen LogP contribution < -0.4 is 5.73 Å². The van der Waals surface area contributed by atoms with Gasteiger partial charge in [-0.25, -0.2) is 4.57 Å². The molecule has 0 fully saturated rings. The van der Waals surface area contributed by atoms with E-state index in [2.05, 4.69) is 135 Å². The molecule has 10 heteroatoms. The number of unbranched alkanes of at least 4 members (excludes halogenated alkanes) is 34. The first kappa shape index (κ1) is 83.4. The minimum Gasteiger partial charge on any atom is -0.462 e. The third-order valence-electron chi connectivity index (χ3n) is 15.3. The molecule has 0 aromatic heterocycles. The average Bonchev–Trinajstić information content (AvgIpc) is 3.64. The molecule has 0 aliphatic heterocycles. The molecule has 0 saturated heterocycles. The van der Waals surface area contributed by atoms with Gasteiger partial charge in [-0.2, -0.15) is 0 Å². The quantitative estimate of drug-likeness (QED) is 0.0264. The second-order valence-corrected chi connectivity index (χ2v) is 25.1. The van der Waals surface area contributed by atoms with Gasteiger partial charge in [0.15, 0.2) is 6.10 Å². The summed E-state index contributed by atoms with van der Waals surface area (Å²) in [5.41, 5.74) is 5.40. The maximum Gasteiger partial charge on any atom is 0.472 e. The predicted molar refractivity (Wildman–Crippen MR) is 376 cm³/mol. The molecule has 0 heterocycles. The lowest BCUT2D eigenvalue weighted by Crippen LogP contribution is -2.29. The van der Waals surface area contributed by atoms with E-state index in [0.29, 0.717) is 6.42 Å². The highest BCUT2D eigenvalue weighted by molar-refractivity contribution is 7.47. The first-order valence-corrected chi connectivity index (χ1v) is 37.5. The van der Waals surface area contributed by atoms with Gasteiger partial charge in [-0.15, -0.1) is 0 Å². The molecule has 0 spiro atoms. The minimum absolute atomic E-state index is 0.0469. The molecule has 0 amide bonds. The topological polar surface area (TPSA) is 134 Å². The summed E-state index contributed by atoms with van der Waals surface area (Å²) < 4.78 is 33.2. The smallest absolute Gasteiger partial charge is 0.462 e. The van der Waals surface area contributed by atoms with Crippen molar-refractivity contribution in [2.75, 3.05) is 26.4 Å². The van der Waals surface area contributed by atoms with Crippen LogP contribution in [0.4, 0.5) is 0 Å². The zero-order chi connectivity index (χ0) is 63.0. The van der Waals surface area contributed by atoms with Crippen LogP contribution in [0.2, 0.25) is 0 Å². The van der Waals surface area contributed by atoms with Crippen molar-refractivity contribution in [3.05, 3.63) is 122 Å². The molecule has 0 aromatic rings. The summed E-state index contributed by atoms with van der Waals surface area (Å²) in [5, 5.41) is 0. The van der Waals surface area contributed by atoms with E-state index in [1.165, 1.54) is 167 Å². The Balaban J connectivity index is 3.81. The van der Waals surface area contributed by atoms with Gasteiger partial charge >= 0.3 is 19.8 Å². The van der Waals surface area contributed by atoms with Crippen molar-refractivity contribution >= 4 is 19.8 Å². The highest BCUT2D eigenvalue weighted by Gasteiger charge is 2.26. The SMILES string of the molecule is CC/C=C\C/C=C\C/C=C\C/C=C\C/C=C\C/C=C\CCCCCCCCC(=O)OC(COC(=O)CCCCCCCCCCCCCCCCCCCCCCCCCCCCCC/C=C\C/C=C\C/C=C\C/C=C\CC)COP(=O)(O)OCCN. The monoisotopic (exact) mass is 1230 g/mol. The number of phosphoric ester groups is 1. The van der Waals surface area contributed by atoms with Crippen LogP contribution in [-0.2, 0) is 32.7 Å². The number of allylic oxidation sites excluding steroid dienone is 20. The first-order chi connectivity index (χ1) is 42.8. The number of nitrogens with two attached hydrogens (primary N) is 1. The van der Waals surface area contributed by atoms with E-state index in [9.17, 15) is 19.0 Å². The Bertz CT molecular complexity index is 1840.